The van der Waals surface area contributed by atoms with Crippen LogP contribution in [-0.4, -0.2) is 34.5 Å². The molecule has 2 rings (SSSR count). The smallest absolute Gasteiger partial charge is 0.326 e. The first kappa shape index (κ1) is 14.1. The molecule has 0 aromatic heterocycles. The molecule has 1 atom stereocenters. The van der Waals surface area contributed by atoms with Crippen molar-refractivity contribution >= 4 is 27.8 Å². The number of carbonyl (C=O) groups is 2. The quantitative estimate of drug-likeness (QED) is 0.909. The highest BCUT2D eigenvalue weighted by Gasteiger charge is 2.32. The third-order valence-electron chi connectivity index (χ3n) is 3.45. The number of aryl methyl sites for hydroxylation is 1. The van der Waals surface area contributed by atoms with Crippen LogP contribution in [0.4, 0.5) is 0 Å². The van der Waals surface area contributed by atoms with Gasteiger partial charge in [0.25, 0.3) is 5.91 Å². The zero-order chi connectivity index (χ0) is 14.0. The minimum Gasteiger partial charge on any atom is -0.480 e. The number of nitrogens with zero attached hydrogens (tertiary/aromatic N) is 1. The van der Waals surface area contributed by atoms with Crippen molar-refractivity contribution in [2.45, 2.75) is 32.2 Å². The fraction of sp³-hybridized carbons (Fsp3) is 0.429. The minimum atomic E-state index is -0.915. The standard InChI is InChI=1S/C14H16BrNO3/c1-9-8-10(5-6-11(9)15)13(17)16-7-3-2-4-12(16)14(18)19/h5-6,8,12H,2-4,7H2,1H3,(H,18,19). The van der Waals surface area contributed by atoms with Gasteiger partial charge in [-0.25, -0.2) is 4.79 Å². The predicted octanol–water partition coefficient (Wildman–Crippen LogP) is 2.84. The highest BCUT2D eigenvalue weighted by molar-refractivity contribution is 9.10. The van der Waals surface area contributed by atoms with Gasteiger partial charge >= 0.3 is 5.97 Å². The Labute approximate surface area is 120 Å². The Morgan fingerprint density at radius 2 is 2.11 bits per heavy atom. The number of carboxylic acid groups (broad SMARTS) is 1. The Bertz CT molecular complexity index is 515. The first-order valence-electron chi connectivity index (χ1n) is 6.30. The zero-order valence-corrected chi connectivity index (χ0v) is 12.3. The number of amides is 1. The van der Waals surface area contributed by atoms with Gasteiger partial charge in [0.2, 0.25) is 0 Å². The lowest BCUT2D eigenvalue weighted by atomic mass is 10.0. The van der Waals surface area contributed by atoms with Crippen molar-refractivity contribution in [2.24, 2.45) is 0 Å². The summed E-state index contributed by atoms with van der Waals surface area (Å²) in [7, 11) is 0. The predicted molar refractivity (Wildman–Crippen MR) is 75.2 cm³/mol. The third kappa shape index (κ3) is 2.97. The number of benzene rings is 1. The molecule has 102 valence electrons. The maximum absolute atomic E-state index is 12.4. The van der Waals surface area contributed by atoms with E-state index in [0.717, 1.165) is 22.9 Å². The zero-order valence-electron chi connectivity index (χ0n) is 10.7. The van der Waals surface area contributed by atoms with Crippen molar-refractivity contribution in [1.82, 2.24) is 4.90 Å². The molecule has 0 spiro atoms. The molecule has 1 aliphatic heterocycles. The van der Waals surface area contributed by atoms with Gasteiger partial charge in [0.1, 0.15) is 6.04 Å². The monoisotopic (exact) mass is 325 g/mol. The molecule has 1 unspecified atom stereocenters. The lowest BCUT2D eigenvalue weighted by molar-refractivity contribution is -0.143. The maximum Gasteiger partial charge on any atom is 0.326 e. The van der Waals surface area contributed by atoms with Crippen LogP contribution in [0.1, 0.15) is 35.2 Å². The molecule has 5 heteroatoms. The van der Waals surface area contributed by atoms with Gasteiger partial charge in [-0.2, -0.15) is 0 Å². The molecule has 1 amide bonds. The molecule has 1 fully saturated rings. The fourth-order valence-corrected chi connectivity index (χ4v) is 2.62. The van der Waals surface area contributed by atoms with Crippen LogP contribution >= 0.6 is 15.9 Å². The average Bonchev–Trinajstić information content (AvgIpc) is 2.41. The summed E-state index contributed by atoms with van der Waals surface area (Å²) in [5.74, 6) is -1.11. The molecule has 1 N–H and O–H groups in total. The van der Waals surface area contributed by atoms with Gasteiger partial charge in [-0.15, -0.1) is 0 Å². The van der Waals surface area contributed by atoms with Crippen LogP contribution in [0.25, 0.3) is 0 Å². The summed E-state index contributed by atoms with van der Waals surface area (Å²) in [6, 6.07) is 4.65. The Kier molecular flexibility index (Phi) is 4.24. The van der Waals surface area contributed by atoms with Crippen molar-refractivity contribution in [3.05, 3.63) is 33.8 Å². The highest BCUT2D eigenvalue weighted by Crippen LogP contribution is 2.22. The largest absolute Gasteiger partial charge is 0.480 e. The summed E-state index contributed by atoms with van der Waals surface area (Å²) in [6.45, 7) is 2.43. The topological polar surface area (TPSA) is 57.6 Å². The third-order valence-corrected chi connectivity index (χ3v) is 4.34. The van der Waals surface area contributed by atoms with Crippen LogP contribution in [0.2, 0.25) is 0 Å². The van der Waals surface area contributed by atoms with Gasteiger partial charge in [-0.3, -0.25) is 4.79 Å². The van der Waals surface area contributed by atoms with Crippen LogP contribution in [-0.2, 0) is 4.79 Å². The van der Waals surface area contributed by atoms with E-state index in [1.165, 1.54) is 4.90 Å². The van der Waals surface area contributed by atoms with Gasteiger partial charge in [-0.1, -0.05) is 15.9 Å². The molecular weight excluding hydrogens is 310 g/mol. The van der Waals surface area contributed by atoms with E-state index in [2.05, 4.69) is 15.9 Å². The van der Waals surface area contributed by atoms with Crippen molar-refractivity contribution in [2.75, 3.05) is 6.54 Å². The Balaban J connectivity index is 2.26. The first-order chi connectivity index (χ1) is 9.00. The number of rotatable bonds is 2. The second kappa shape index (κ2) is 5.74. The van der Waals surface area contributed by atoms with Crippen LogP contribution < -0.4 is 0 Å². The molecule has 19 heavy (non-hydrogen) atoms. The lowest BCUT2D eigenvalue weighted by Gasteiger charge is -2.33. The van der Waals surface area contributed by atoms with E-state index in [4.69, 9.17) is 0 Å². The number of halogens is 1. The van der Waals surface area contributed by atoms with Crippen molar-refractivity contribution in [3.8, 4) is 0 Å². The number of carboxylic acids is 1. The van der Waals surface area contributed by atoms with Crippen LogP contribution in [0.5, 0.6) is 0 Å². The van der Waals surface area contributed by atoms with E-state index in [0.29, 0.717) is 18.5 Å². The highest BCUT2D eigenvalue weighted by atomic mass is 79.9. The van der Waals surface area contributed by atoms with Gasteiger partial charge < -0.3 is 10.0 Å². The lowest BCUT2D eigenvalue weighted by Crippen LogP contribution is -2.48. The number of piperidine rings is 1. The molecule has 1 aliphatic rings. The molecular formula is C14H16BrNO3. The average molecular weight is 326 g/mol. The molecule has 0 aliphatic carbocycles. The Hall–Kier alpha value is -1.36. The van der Waals surface area contributed by atoms with Crippen LogP contribution in [0.3, 0.4) is 0 Å². The number of likely N-dealkylation sites (tertiary alicyclic amines) is 1. The van der Waals surface area contributed by atoms with Gasteiger partial charge in [0, 0.05) is 16.6 Å². The number of carbonyl (C=O) groups excluding carboxylic acids is 1. The summed E-state index contributed by atoms with van der Waals surface area (Å²) < 4.78 is 0.942. The van der Waals surface area contributed by atoms with E-state index in [9.17, 15) is 14.7 Å². The van der Waals surface area contributed by atoms with E-state index < -0.39 is 12.0 Å². The van der Waals surface area contributed by atoms with Crippen LogP contribution in [0.15, 0.2) is 22.7 Å². The summed E-state index contributed by atoms with van der Waals surface area (Å²) in [4.78, 5) is 25.1. The number of hydrogen-bond donors (Lipinski definition) is 1. The molecule has 1 heterocycles. The number of aliphatic carboxylic acids is 1. The molecule has 0 saturated carbocycles. The number of hydrogen-bond acceptors (Lipinski definition) is 2. The second-order valence-electron chi connectivity index (χ2n) is 4.81. The first-order valence-corrected chi connectivity index (χ1v) is 7.10. The Morgan fingerprint density at radius 3 is 2.74 bits per heavy atom. The van der Waals surface area contributed by atoms with Crippen molar-refractivity contribution in [3.63, 3.8) is 0 Å². The molecule has 4 nitrogen and oxygen atoms in total. The summed E-state index contributed by atoms with van der Waals surface area (Å²) >= 11 is 3.39. The van der Waals surface area contributed by atoms with Crippen molar-refractivity contribution < 1.29 is 14.7 Å². The fourth-order valence-electron chi connectivity index (χ4n) is 2.37. The Morgan fingerprint density at radius 1 is 1.37 bits per heavy atom. The van der Waals surface area contributed by atoms with Gasteiger partial charge in [-0.05, 0) is 49.9 Å². The summed E-state index contributed by atoms with van der Waals surface area (Å²) in [5.41, 5.74) is 1.52. The van der Waals surface area contributed by atoms with E-state index in [-0.39, 0.29) is 5.91 Å². The normalized spacial score (nSPS) is 19.3. The summed E-state index contributed by atoms with van der Waals surface area (Å²) in [5, 5.41) is 9.20. The maximum atomic E-state index is 12.4. The minimum absolute atomic E-state index is 0.192. The SMILES string of the molecule is Cc1cc(C(=O)N2CCCCC2C(=O)O)ccc1Br. The van der Waals surface area contributed by atoms with E-state index in [1.807, 2.05) is 13.0 Å². The van der Waals surface area contributed by atoms with Gasteiger partial charge in [0.05, 0.1) is 0 Å². The molecule has 0 radical (unpaired) electrons. The second-order valence-corrected chi connectivity index (χ2v) is 5.67. The molecule has 1 saturated heterocycles. The molecule has 0 bridgehead atoms. The van der Waals surface area contributed by atoms with E-state index >= 15 is 0 Å². The molecule has 1 aromatic rings. The van der Waals surface area contributed by atoms with Crippen molar-refractivity contribution in [1.29, 1.82) is 0 Å². The van der Waals surface area contributed by atoms with Crippen LogP contribution in [0, 0.1) is 6.92 Å². The molecule has 1 aromatic carbocycles. The summed E-state index contributed by atoms with van der Waals surface area (Å²) in [6.07, 6.45) is 2.27. The van der Waals surface area contributed by atoms with E-state index in [1.54, 1.807) is 12.1 Å². The van der Waals surface area contributed by atoms with Gasteiger partial charge in [0.15, 0.2) is 0 Å².